The van der Waals surface area contributed by atoms with Crippen molar-refractivity contribution in [3.8, 4) is 0 Å². The van der Waals surface area contributed by atoms with Crippen molar-refractivity contribution in [1.29, 1.82) is 0 Å². The van der Waals surface area contributed by atoms with E-state index in [4.69, 9.17) is 34.8 Å². The van der Waals surface area contributed by atoms with Gasteiger partial charge in [-0.15, -0.1) is 0 Å². The Morgan fingerprint density at radius 2 is 1.77 bits per heavy atom. The minimum Gasteiger partial charge on any atom is -0.368 e. The lowest BCUT2D eigenvalue weighted by molar-refractivity contribution is 0.475. The molecule has 1 atom stereocenters. The molecule has 2 heterocycles. The largest absolute Gasteiger partial charge is 0.368 e. The second kappa shape index (κ2) is 8.71. The highest BCUT2D eigenvalue weighted by molar-refractivity contribution is 7.84. The molecule has 3 rings (SSSR count). The maximum atomic E-state index is 13.2. The van der Waals surface area contributed by atoms with E-state index in [1.54, 1.807) is 16.7 Å². The zero-order valence-electron chi connectivity index (χ0n) is 13.6. The molecule has 0 radical (unpaired) electrons. The minimum absolute atomic E-state index is 0.0176. The first-order valence-corrected chi connectivity index (χ1v) is 10.1. The van der Waals surface area contributed by atoms with E-state index in [0.29, 0.717) is 35.4 Å². The number of hydrogen-bond acceptors (Lipinski definition) is 3. The number of nitrogens with one attached hydrogen (secondary N) is 1. The van der Waals surface area contributed by atoms with E-state index in [9.17, 15) is 8.60 Å². The van der Waals surface area contributed by atoms with E-state index in [2.05, 4.69) is 14.6 Å². The van der Waals surface area contributed by atoms with Crippen LogP contribution >= 0.6 is 34.8 Å². The van der Waals surface area contributed by atoms with E-state index in [1.165, 1.54) is 18.2 Å². The van der Waals surface area contributed by atoms with Crippen LogP contribution in [0, 0.1) is 5.82 Å². The number of nitrogens with zero attached hydrogens (tertiary/aromatic N) is 3. The van der Waals surface area contributed by atoms with E-state index in [0.717, 1.165) is 18.7 Å². The summed E-state index contributed by atoms with van der Waals surface area (Å²) < 4.78 is 30.5. The summed E-state index contributed by atoms with van der Waals surface area (Å²) in [5.74, 6) is -0.514. The summed E-state index contributed by atoms with van der Waals surface area (Å²) >= 11 is 16.8. The topological polar surface area (TPSA) is 48.5 Å². The van der Waals surface area contributed by atoms with Gasteiger partial charge in [-0.25, -0.2) is 12.9 Å². The molecule has 1 aliphatic rings. The number of anilines is 2. The molecular weight excluding hydrogens is 422 g/mol. The van der Waals surface area contributed by atoms with Crippen LogP contribution in [0.4, 0.5) is 15.8 Å². The monoisotopic (exact) mass is 436 g/mol. The molecule has 2 aromatic rings. The third-order valence-electron chi connectivity index (χ3n) is 3.96. The van der Waals surface area contributed by atoms with Gasteiger partial charge >= 0.3 is 0 Å². The first-order valence-electron chi connectivity index (χ1n) is 7.88. The molecule has 140 valence electrons. The third-order valence-corrected chi connectivity index (χ3v) is 6.05. The Labute approximate surface area is 168 Å². The van der Waals surface area contributed by atoms with Crippen molar-refractivity contribution in [2.45, 2.75) is 6.42 Å². The molecule has 26 heavy (non-hydrogen) atoms. The fraction of sp³-hybridized carbons (Fsp3) is 0.312. The first-order chi connectivity index (χ1) is 12.5. The number of halogens is 4. The highest BCUT2D eigenvalue weighted by Crippen LogP contribution is 2.33. The lowest BCUT2D eigenvalue weighted by Gasteiger charge is -2.25. The van der Waals surface area contributed by atoms with E-state index >= 15 is 0 Å². The smallest absolute Gasteiger partial charge is 0.196 e. The fourth-order valence-electron chi connectivity index (χ4n) is 2.71. The lowest BCUT2D eigenvalue weighted by Crippen LogP contribution is -2.34. The lowest BCUT2D eigenvalue weighted by atomic mass is 10.3. The quantitative estimate of drug-likeness (QED) is 0.772. The van der Waals surface area contributed by atoms with Gasteiger partial charge in [0.25, 0.3) is 0 Å². The van der Waals surface area contributed by atoms with Crippen molar-refractivity contribution >= 4 is 57.3 Å². The number of aromatic nitrogens is 1. The molecule has 0 bridgehead atoms. The summed E-state index contributed by atoms with van der Waals surface area (Å²) in [5, 5.41) is 0.966. The molecule has 1 aliphatic heterocycles. The van der Waals surface area contributed by atoms with Crippen molar-refractivity contribution in [3.05, 3.63) is 51.5 Å². The zero-order valence-corrected chi connectivity index (χ0v) is 16.7. The summed E-state index contributed by atoms with van der Waals surface area (Å²) in [5.41, 5.74) is 1.24. The van der Waals surface area contributed by atoms with Crippen LogP contribution in [0.1, 0.15) is 6.42 Å². The summed E-state index contributed by atoms with van der Waals surface area (Å²) in [6, 6.07) is 4.15. The summed E-state index contributed by atoms with van der Waals surface area (Å²) in [7, 11) is 0. The first kappa shape index (κ1) is 19.6. The van der Waals surface area contributed by atoms with Crippen molar-refractivity contribution < 1.29 is 8.60 Å². The predicted molar refractivity (Wildman–Crippen MR) is 106 cm³/mol. The van der Waals surface area contributed by atoms with Crippen LogP contribution in [0.25, 0.3) is 0 Å². The molecule has 1 aromatic carbocycles. The van der Waals surface area contributed by atoms with Gasteiger partial charge in [-0.3, -0.25) is 9.71 Å². The number of benzene rings is 1. The standard InChI is InChI=1S/C16H16Cl3FN4OS/c17-12-8-11(2-3-15(12)20)22-26(25)24-5-1-4-23(6-7-24)16-13(18)9-21-10-14(16)19/h2-3,8-10,22H,1,4-7H2. The van der Waals surface area contributed by atoms with Gasteiger partial charge in [-0.1, -0.05) is 34.8 Å². The van der Waals surface area contributed by atoms with Crippen LogP contribution in [-0.2, 0) is 11.2 Å². The maximum absolute atomic E-state index is 13.2. The van der Waals surface area contributed by atoms with Crippen molar-refractivity contribution in [2.75, 3.05) is 35.8 Å². The molecule has 0 amide bonds. The Morgan fingerprint density at radius 1 is 1.04 bits per heavy atom. The van der Waals surface area contributed by atoms with Crippen LogP contribution < -0.4 is 9.62 Å². The SMILES string of the molecule is O=S(Nc1ccc(F)c(Cl)c1)N1CCCN(c2c(Cl)cncc2Cl)CC1. The summed E-state index contributed by atoms with van der Waals surface area (Å²) in [4.78, 5) is 6.04. The molecule has 1 aromatic heterocycles. The Kier molecular flexibility index (Phi) is 6.58. The molecule has 1 unspecified atom stereocenters. The summed E-state index contributed by atoms with van der Waals surface area (Å²) in [6.45, 7) is 2.52. The van der Waals surface area contributed by atoms with Crippen LogP contribution in [0.2, 0.25) is 15.1 Å². The van der Waals surface area contributed by atoms with E-state index in [1.807, 2.05) is 0 Å². The van der Waals surface area contributed by atoms with Gasteiger partial charge in [0, 0.05) is 44.3 Å². The minimum atomic E-state index is -1.47. The van der Waals surface area contributed by atoms with Crippen molar-refractivity contribution in [2.24, 2.45) is 0 Å². The van der Waals surface area contributed by atoms with Gasteiger partial charge in [-0.05, 0) is 24.6 Å². The van der Waals surface area contributed by atoms with Gasteiger partial charge in [0.05, 0.1) is 20.8 Å². The second-order valence-electron chi connectivity index (χ2n) is 5.70. The molecule has 0 saturated carbocycles. The van der Waals surface area contributed by atoms with E-state index in [-0.39, 0.29) is 5.02 Å². The zero-order chi connectivity index (χ0) is 18.7. The van der Waals surface area contributed by atoms with Crippen LogP contribution in [0.3, 0.4) is 0 Å². The van der Waals surface area contributed by atoms with Gasteiger partial charge in [-0.2, -0.15) is 0 Å². The Morgan fingerprint density at radius 3 is 2.46 bits per heavy atom. The Balaban J connectivity index is 1.66. The maximum Gasteiger partial charge on any atom is 0.196 e. The number of pyridine rings is 1. The number of rotatable bonds is 4. The molecule has 5 nitrogen and oxygen atoms in total. The van der Waals surface area contributed by atoms with Gasteiger partial charge in [0.15, 0.2) is 11.2 Å². The van der Waals surface area contributed by atoms with E-state index < -0.39 is 17.0 Å². The third kappa shape index (κ3) is 4.58. The second-order valence-corrected chi connectivity index (χ2v) is 8.14. The van der Waals surface area contributed by atoms with Crippen molar-refractivity contribution in [3.63, 3.8) is 0 Å². The van der Waals surface area contributed by atoms with Gasteiger partial charge in [0.2, 0.25) is 0 Å². The highest BCUT2D eigenvalue weighted by atomic mass is 35.5. The normalized spacial score (nSPS) is 17.0. The molecule has 1 saturated heterocycles. The van der Waals surface area contributed by atoms with Crippen molar-refractivity contribution in [1.82, 2.24) is 9.29 Å². The molecule has 0 spiro atoms. The van der Waals surface area contributed by atoms with Gasteiger partial charge < -0.3 is 4.90 Å². The van der Waals surface area contributed by atoms with Gasteiger partial charge in [0.1, 0.15) is 5.82 Å². The molecule has 1 fully saturated rings. The Bertz CT molecular complexity index is 806. The predicted octanol–water partition coefficient (Wildman–Crippen LogP) is 4.38. The molecule has 1 N–H and O–H groups in total. The molecule has 10 heteroatoms. The number of hydrogen-bond donors (Lipinski definition) is 1. The van der Waals surface area contributed by atoms with Crippen LogP contribution in [0.15, 0.2) is 30.6 Å². The average Bonchev–Trinajstić information content (AvgIpc) is 2.84. The Hall–Kier alpha value is -1.12. The van der Waals surface area contributed by atoms with Crippen LogP contribution in [-0.4, -0.2) is 39.7 Å². The van der Waals surface area contributed by atoms with Crippen LogP contribution in [0.5, 0.6) is 0 Å². The summed E-state index contributed by atoms with van der Waals surface area (Å²) in [6.07, 6.45) is 3.90. The highest BCUT2D eigenvalue weighted by Gasteiger charge is 2.22. The fourth-order valence-corrected chi connectivity index (χ4v) is 4.50. The molecule has 0 aliphatic carbocycles. The molecular formula is C16H16Cl3FN4OS. The average molecular weight is 438 g/mol.